The van der Waals surface area contributed by atoms with Crippen LogP contribution in [-0.2, 0) is 9.84 Å². The van der Waals surface area contributed by atoms with Crippen LogP contribution in [0.1, 0.15) is 17.3 Å². The van der Waals surface area contributed by atoms with E-state index in [2.05, 4.69) is 10.3 Å². The summed E-state index contributed by atoms with van der Waals surface area (Å²) < 4.78 is 23.4. The lowest BCUT2D eigenvalue weighted by Gasteiger charge is -2.07. The van der Waals surface area contributed by atoms with Crippen molar-refractivity contribution in [3.05, 3.63) is 53.3 Å². The van der Waals surface area contributed by atoms with Gasteiger partial charge in [-0.15, -0.1) is 0 Å². The molecule has 0 bridgehead atoms. The van der Waals surface area contributed by atoms with Crippen LogP contribution in [0.15, 0.2) is 47.5 Å². The number of amides is 1. The number of carbonyl (C=O) groups is 1. The highest BCUT2D eigenvalue weighted by atomic mass is 35.5. The SMILES string of the molecule is CCS(=O)(=O)c1ccc(NC(=O)c2cccnc2Cl)cc1. The minimum atomic E-state index is -3.25. The van der Waals surface area contributed by atoms with Gasteiger partial charge in [0.05, 0.1) is 16.2 Å². The molecule has 2 aromatic rings. The second-order valence-corrected chi connectivity index (χ2v) is 6.86. The summed E-state index contributed by atoms with van der Waals surface area (Å²) >= 11 is 5.84. The Bertz CT molecular complexity index is 758. The zero-order valence-corrected chi connectivity index (χ0v) is 12.8. The molecule has 0 saturated heterocycles. The highest BCUT2D eigenvalue weighted by molar-refractivity contribution is 7.91. The van der Waals surface area contributed by atoms with E-state index >= 15 is 0 Å². The van der Waals surface area contributed by atoms with Crippen LogP contribution < -0.4 is 5.32 Å². The molecule has 7 heteroatoms. The molecular weight excluding hydrogens is 312 g/mol. The van der Waals surface area contributed by atoms with Crippen LogP contribution in [0.3, 0.4) is 0 Å². The molecule has 0 aliphatic rings. The Morgan fingerprint density at radius 1 is 1.24 bits per heavy atom. The van der Waals surface area contributed by atoms with E-state index in [1.807, 2.05) is 0 Å². The molecule has 0 spiro atoms. The van der Waals surface area contributed by atoms with E-state index in [9.17, 15) is 13.2 Å². The minimum absolute atomic E-state index is 0.0317. The van der Waals surface area contributed by atoms with Gasteiger partial charge in [-0.1, -0.05) is 18.5 Å². The van der Waals surface area contributed by atoms with Crippen molar-refractivity contribution in [3.8, 4) is 0 Å². The number of halogens is 1. The number of anilines is 1. The maximum Gasteiger partial charge on any atom is 0.258 e. The van der Waals surface area contributed by atoms with E-state index in [0.717, 1.165) is 0 Å². The number of nitrogens with zero attached hydrogens (tertiary/aromatic N) is 1. The fraction of sp³-hybridized carbons (Fsp3) is 0.143. The molecular formula is C14H13ClN2O3S. The third-order valence-electron chi connectivity index (χ3n) is 2.86. The monoisotopic (exact) mass is 324 g/mol. The second kappa shape index (κ2) is 6.24. The Morgan fingerprint density at radius 2 is 1.90 bits per heavy atom. The summed E-state index contributed by atoms with van der Waals surface area (Å²) in [6.45, 7) is 1.58. The Labute approximate surface area is 127 Å². The van der Waals surface area contributed by atoms with E-state index in [4.69, 9.17) is 11.6 Å². The first-order valence-electron chi connectivity index (χ1n) is 6.18. The van der Waals surface area contributed by atoms with E-state index in [1.54, 1.807) is 19.1 Å². The lowest BCUT2D eigenvalue weighted by atomic mass is 10.2. The zero-order chi connectivity index (χ0) is 15.5. The van der Waals surface area contributed by atoms with Crippen molar-refractivity contribution in [2.45, 2.75) is 11.8 Å². The van der Waals surface area contributed by atoms with Crippen molar-refractivity contribution in [1.82, 2.24) is 4.98 Å². The highest BCUT2D eigenvalue weighted by Crippen LogP contribution is 2.18. The topological polar surface area (TPSA) is 76.1 Å². The van der Waals surface area contributed by atoms with Crippen LogP contribution in [0.25, 0.3) is 0 Å². The van der Waals surface area contributed by atoms with Gasteiger partial charge < -0.3 is 5.32 Å². The summed E-state index contributed by atoms with van der Waals surface area (Å²) in [5.41, 5.74) is 0.736. The summed E-state index contributed by atoms with van der Waals surface area (Å²) in [5, 5.41) is 2.75. The Morgan fingerprint density at radius 3 is 2.48 bits per heavy atom. The first-order chi connectivity index (χ1) is 9.94. The van der Waals surface area contributed by atoms with Crippen molar-refractivity contribution in [3.63, 3.8) is 0 Å². The summed E-state index contributed by atoms with van der Waals surface area (Å²) in [7, 11) is -3.25. The molecule has 1 N–H and O–H groups in total. The van der Waals surface area contributed by atoms with Crippen LogP contribution in [0.5, 0.6) is 0 Å². The zero-order valence-electron chi connectivity index (χ0n) is 11.2. The number of nitrogens with one attached hydrogen (secondary N) is 1. The van der Waals surface area contributed by atoms with Crippen molar-refractivity contribution in [1.29, 1.82) is 0 Å². The van der Waals surface area contributed by atoms with Gasteiger partial charge in [0.15, 0.2) is 9.84 Å². The minimum Gasteiger partial charge on any atom is -0.322 e. The normalized spacial score (nSPS) is 11.1. The summed E-state index contributed by atoms with van der Waals surface area (Å²) in [6.07, 6.45) is 1.49. The first-order valence-corrected chi connectivity index (χ1v) is 8.22. The number of aromatic nitrogens is 1. The molecule has 0 radical (unpaired) electrons. The quantitative estimate of drug-likeness (QED) is 0.877. The van der Waals surface area contributed by atoms with Crippen molar-refractivity contribution in [2.24, 2.45) is 0 Å². The van der Waals surface area contributed by atoms with Crippen LogP contribution in [0, 0.1) is 0 Å². The third kappa shape index (κ3) is 3.59. The molecule has 0 saturated carbocycles. The molecule has 1 amide bonds. The fourth-order valence-corrected chi connectivity index (χ4v) is 2.76. The van der Waals surface area contributed by atoms with E-state index in [0.29, 0.717) is 5.69 Å². The van der Waals surface area contributed by atoms with Crippen LogP contribution in [0.4, 0.5) is 5.69 Å². The van der Waals surface area contributed by atoms with Gasteiger partial charge in [-0.25, -0.2) is 13.4 Å². The maximum absolute atomic E-state index is 12.0. The summed E-state index contributed by atoms with van der Waals surface area (Å²) in [5.74, 6) is -0.372. The van der Waals surface area contributed by atoms with Gasteiger partial charge in [-0.2, -0.15) is 0 Å². The van der Waals surface area contributed by atoms with Gasteiger partial charge >= 0.3 is 0 Å². The smallest absolute Gasteiger partial charge is 0.258 e. The second-order valence-electron chi connectivity index (χ2n) is 4.22. The number of benzene rings is 1. The first kappa shape index (κ1) is 15.5. The van der Waals surface area contributed by atoms with E-state index in [1.165, 1.54) is 30.5 Å². The molecule has 2 rings (SSSR count). The molecule has 1 aromatic carbocycles. The largest absolute Gasteiger partial charge is 0.322 e. The molecule has 110 valence electrons. The Kier molecular flexibility index (Phi) is 4.59. The predicted molar refractivity (Wildman–Crippen MR) is 81.4 cm³/mol. The molecule has 0 unspecified atom stereocenters. The van der Waals surface area contributed by atoms with Gasteiger partial charge in [0, 0.05) is 11.9 Å². The number of hydrogen-bond donors (Lipinski definition) is 1. The highest BCUT2D eigenvalue weighted by Gasteiger charge is 2.13. The van der Waals surface area contributed by atoms with Crippen molar-refractivity contribution >= 4 is 33.0 Å². The lowest BCUT2D eigenvalue weighted by Crippen LogP contribution is -2.13. The Hall–Kier alpha value is -1.92. The average Bonchev–Trinajstić information content (AvgIpc) is 2.48. The number of sulfone groups is 1. The standard InChI is InChI=1S/C14H13ClN2O3S/c1-2-21(19,20)11-7-5-10(6-8-11)17-14(18)12-4-3-9-16-13(12)15/h3-9H,2H2,1H3,(H,17,18). The van der Waals surface area contributed by atoms with Gasteiger partial charge in [0.2, 0.25) is 0 Å². The summed E-state index contributed by atoms with van der Waals surface area (Å²) in [4.78, 5) is 16.1. The molecule has 5 nitrogen and oxygen atoms in total. The molecule has 1 aromatic heterocycles. The third-order valence-corrected chi connectivity index (χ3v) is 4.91. The number of rotatable bonds is 4. The lowest BCUT2D eigenvalue weighted by molar-refractivity contribution is 0.102. The number of pyridine rings is 1. The van der Waals surface area contributed by atoms with Gasteiger partial charge in [0.1, 0.15) is 5.15 Å². The molecule has 0 aliphatic carbocycles. The van der Waals surface area contributed by atoms with Gasteiger partial charge in [-0.05, 0) is 36.4 Å². The van der Waals surface area contributed by atoms with E-state index in [-0.39, 0.29) is 21.4 Å². The van der Waals surface area contributed by atoms with E-state index < -0.39 is 15.7 Å². The number of hydrogen-bond acceptors (Lipinski definition) is 4. The van der Waals surface area contributed by atoms with Crippen LogP contribution in [0.2, 0.25) is 5.15 Å². The molecule has 0 atom stereocenters. The van der Waals surface area contributed by atoms with Crippen molar-refractivity contribution in [2.75, 3.05) is 11.1 Å². The van der Waals surface area contributed by atoms with Gasteiger partial charge in [-0.3, -0.25) is 4.79 Å². The van der Waals surface area contributed by atoms with Gasteiger partial charge in [0.25, 0.3) is 5.91 Å². The predicted octanol–water partition coefficient (Wildman–Crippen LogP) is 2.78. The fourth-order valence-electron chi connectivity index (χ4n) is 1.67. The Balaban J connectivity index is 2.18. The van der Waals surface area contributed by atoms with Crippen LogP contribution in [-0.4, -0.2) is 25.1 Å². The molecule has 0 aliphatic heterocycles. The van der Waals surface area contributed by atoms with Crippen molar-refractivity contribution < 1.29 is 13.2 Å². The molecule has 21 heavy (non-hydrogen) atoms. The average molecular weight is 325 g/mol. The summed E-state index contributed by atoms with van der Waals surface area (Å²) in [6, 6.07) is 9.15. The van der Waals surface area contributed by atoms with Crippen LogP contribution >= 0.6 is 11.6 Å². The maximum atomic E-state index is 12.0. The molecule has 0 fully saturated rings. The molecule has 1 heterocycles. The number of carbonyl (C=O) groups excluding carboxylic acids is 1.